The van der Waals surface area contributed by atoms with Crippen molar-refractivity contribution in [2.45, 2.75) is 6.43 Å². The summed E-state index contributed by atoms with van der Waals surface area (Å²) in [6.45, 7) is -0.592. The van der Waals surface area contributed by atoms with E-state index in [1.54, 1.807) is 7.05 Å². The van der Waals surface area contributed by atoms with E-state index in [0.29, 0.717) is 11.0 Å². The zero-order valence-electron chi connectivity index (χ0n) is 12.4. The fraction of sp³-hybridized carbons (Fsp3) is 0.214. The highest BCUT2D eigenvalue weighted by atomic mass is 19.3. The van der Waals surface area contributed by atoms with Gasteiger partial charge < -0.3 is 10.6 Å². The number of hydrogen-bond acceptors (Lipinski definition) is 5. The maximum Gasteiger partial charge on any atom is 0.255 e. The van der Waals surface area contributed by atoms with Crippen molar-refractivity contribution in [3.63, 3.8) is 0 Å². The van der Waals surface area contributed by atoms with Crippen molar-refractivity contribution >= 4 is 28.5 Å². The van der Waals surface area contributed by atoms with Gasteiger partial charge in [0.25, 0.3) is 6.43 Å². The molecule has 0 saturated heterocycles. The predicted octanol–water partition coefficient (Wildman–Crippen LogP) is 3.06. The van der Waals surface area contributed by atoms with Crippen molar-refractivity contribution < 1.29 is 17.6 Å². The van der Waals surface area contributed by atoms with Gasteiger partial charge in [-0.3, -0.25) is 4.68 Å². The molecule has 0 aliphatic carbocycles. The predicted molar refractivity (Wildman–Crippen MR) is 80.4 cm³/mol. The lowest BCUT2D eigenvalue weighted by atomic mass is 10.3. The zero-order valence-corrected chi connectivity index (χ0v) is 12.4. The topological polar surface area (TPSA) is 67.7 Å². The largest absolute Gasteiger partial charge is 0.364 e. The normalized spacial score (nSPS) is 11.2. The fourth-order valence-corrected chi connectivity index (χ4v) is 2.09. The quantitative estimate of drug-likeness (QED) is 0.699. The Balaban J connectivity index is 1.97. The van der Waals surface area contributed by atoms with Crippen LogP contribution in [0.4, 0.5) is 35.0 Å². The molecule has 0 fully saturated rings. The number of aromatic nitrogens is 4. The van der Waals surface area contributed by atoms with Gasteiger partial charge in [0.15, 0.2) is 17.3 Å². The number of fused-ring (bicyclic) bond motifs is 1. The summed E-state index contributed by atoms with van der Waals surface area (Å²) >= 11 is 0. The summed E-state index contributed by atoms with van der Waals surface area (Å²) in [6.07, 6.45) is -1.11. The number of nitrogens with zero attached hydrogens (tertiary/aromatic N) is 4. The van der Waals surface area contributed by atoms with Crippen LogP contribution in [0.25, 0.3) is 11.0 Å². The summed E-state index contributed by atoms with van der Waals surface area (Å²) in [7, 11) is 1.63. The molecule has 2 N–H and O–H groups in total. The first-order chi connectivity index (χ1) is 11.4. The summed E-state index contributed by atoms with van der Waals surface area (Å²) in [5.74, 6) is -1.81. The lowest BCUT2D eigenvalue weighted by molar-refractivity contribution is 0.163. The van der Waals surface area contributed by atoms with Gasteiger partial charge in [0, 0.05) is 18.8 Å². The van der Waals surface area contributed by atoms with E-state index in [1.807, 2.05) is 0 Å². The van der Waals surface area contributed by atoms with Crippen molar-refractivity contribution in [3.8, 4) is 0 Å². The third-order valence-corrected chi connectivity index (χ3v) is 3.19. The molecule has 1 aromatic carbocycles. The van der Waals surface area contributed by atoms with Crippen molar-refractivity contribution in [2.24, 2.45) is 7.05 Å². The molecule has 10 heteroatoms. The van der Waals surface area contributed by atoms with E-state index < -0.39 is 24.6 Å². The standard InChI is InChI=1S/C14H12F4N6/c1-24-13-8(5-20-24)12(19-6-11(17)18)22-14(23-13)21-7-2-3-9(15)10(16)4-7/h2-5,11H,6H2,1H3,(H2,19,21,22,23). The molecule has 0 atom stereocenters. The first kappa shape index (κ1) is 16.0. The van der Waals surface area contributed by atoms with E-state index in [2.05, 4.69) is 25.7 Å². The van der Waals surface area contributed by atoms with Gasteiger partial charge in [-0.05, 0) is 12.1 Å². The Hall–Kier alpha value is -2.91. The van der Waals surface area contributed by atoms with E-state index in [9.17, 15) is 17.6 Å². The minimum absolute atomic E-state index is 0.0360. The summed E-state index contributed by atoms with van der Waals surface area (Å²) in [4.78, 5) is 8.30. The number of benzene rings is 1. The molecule has 0 amide bonds. The summed E-state index contributed by atoms with van der Waals surface area (Å²) in [5.41, 5.74) is 0.613. The SMILES string of the molecule is Cn1ncc2c(NCC(F)F)nc(Nc3ccc(F)c(F)c3)nc21. The Bertz CT molecular complexity index is 879. The Kier molecular flexibility index (Phi) is 4.19. The number of alkyl halides is 2. The van der Waals surface area contributed by atoms with E-state index in [1.165, 1.54) is 16.9 Å². The van der Waals surface area contributed by atoms with Crippen LogP contribution < -0.4 is 10.6 Å². The highest BCUT2D eigenvalue weighted by molar-refractivity contribution is 5.87. The molecule has 6 nitrogen and oxygen atoms in total. The molecule has 0 aliphatic heterocycles. The molecular weight excluding hydrogens is 328 g/mol. The fourth-order valence-electron chi connectivity index (χ4n) is 2.09. The second-order valence-corrected chi connectivity index (χ2v) is 4.93. The molecular formula is C14H12F4N6. The minimum Gasteiger partial charge on any atom is -0.364 e. The van der Waals surface area contributed by atoms with Crippen molar-refractivity contribution in [2.75, 3.05) is 17.2 Å². The van der Waals surface area contributed by atoms with Crippen molar-refractivity contribution in [1.82, 2.24) is 19.7 Å². The summed E-state index contributed by atoms with van der Waals surface area (Å²) in [6, 6.07) is 3.20. The van der Waals surface area contributed by atoms with Crippen LogP contribution in [-0.2, 0) is 7.05 Å². The van der Waals surface area contributed by atoms with Crippen molar-refractivity contribution in [3.05, 3.63) is 36.0 Å². The second kappa shape index (κ2) is 6.30. The number of anilines is 3. The lowest BCUT2D eigenvalue weighted by Gasteiger charge is -2.10. The van der Waals surface area contributed by atoms with Gasteiger partial charge in [-0.2, -0.15) is 15.1 Å². The number of aryl methyl sites for hydroxylation is 1. The van der Waals surface area contributed by atoms with Gasteiger partial charge >= 0.3 is 0 Å². The highest BCUT2D eigenvalue weighted by Crippen LogP contribution is 2.24. The molecule has 0 unspecified atom stereocenters. The Morgan fingerprint density at radius 2 is 1.96 bits per heavy atom. The van der Waals surface area contributed by atoms with Crippen molar-refractivity contribution in [1.29, 1.82) is 0 Å². The van der Waals surface area contributed by atoms with E-state index in [-0.39, 0.29) is 17.5 Å². The molecule has 3 aromatic rings. The van der Waals surface area contributed by atoms with Crippen LogP contribution in [-0.4, -0.2) is 32.7 Å². The number of rotatable bonds is 5. The van der Waals surface area contributed by atoms with Crippen LogP contribution in [0, 0.1) is 11.6 Å². The molecule has 24 heavy (non-hydrogen) atoms. The molecule has 0 aliphatic rings. The molecule has 0 bridgehead atoms. The third kappa shape index (κ3) is 3.21. The van der Waals surface area contributed by atoms with Crippen LogP contribution in [0.1, 0.15) is 0 Å². The average Bonchev–Trinajstić information content (AvgIpc) is 2.90. The maximum atomic E-state index is 13.3. The molecule has 0 saturated carbocycles. The van der Waals surface area contributed by atoms with E-state index >= 15 is 0 Å². The van der Waals surface area contributed by atoms with Crippen LogP contribution in [0.3, 0.4) is 0 Å². The van der Waals surface area contributed by atoms with Crippen LogP contribution >= 0.6 is 0 Å². The molecule has 2 aromatic heterocycles. The third-order valence-electron chi connectivity index (χ3n) is 3.19. The number of hydrogen-bond donors (Lipinski definition) is 2. The first-order valence-electron chi connectivity index (χ1n) is 6.88. The van der Waals surface area contributed by atoms with E-state index in [0.717, 1.165) is 12.1 Å². The first-order valence-corrected chi connectivity index (χ1v) is 6.88. The van der Waals surface area contributed by atoms with E-state index in [4.69, 9.17) is 0 Å². The highest BCUT2D eigenvalue weighted by Gasteiger charge is 2.13. The molecule has 3 rings (SSSR count). The second-order valence-electron chi connectivity index (χ2n) is 4.93. The Labute approximate surface area is 133 Å². The molecule has 0 spiro atoms. The summed E-state index contributed by atoms with van der Waals surface area (Å²) < 4.78 is 52.6. The van der Waals surface area contributed by atoms with Crippen LogP contribution in [0.15, 0.2) is 24.4 Å². The zero-order chi connectivity index (χ0) is 17.3. The number of nitrogens with one attached hydrogen (secondary N) is 2. The van der Waals surface area contributed by atoms with Crippen LogP contribution in [0.5, 0.6) is 0 Å². The number of halogens is 4. The molecule has 2 heterocycles. The smallest absolute Gasteiger partial charge is 0.255 e. The lowest BCUT2D eigenvalue weighted by Crippen LogP contribution is -2.12. The van der Waals surface area contributed by atoms with Gasteiger partial charge in [-0.1, -0.05) is 0 Å². The van der Waals surface area contributed by atoms with Gasteiger partial charge in [-0.15, -0.1) is 0 Å². The monoisotopic (exact) mass is 340 g/mol. The Morgan fingerprint density at radius 1 is 1.17 bits per heavy atom. The van der Waals surface area contributed by atoms with Gasteiger partial charge in [0.05, 0.1) is 18.1 Å². The minimum atomic E-state index is -2.56. The molecule has 126 valence electrons. The van der Waals surface area contributed by atoms with Gasteiger partial charge in [-0.25, -0.2) is 17.6 Å². The molecule has 0 radical (unpaired) electrons. The Morgan fingerprint density at radius 3 is 2.67 bits per heavy atom. The van der Waals surface area contributed by atoms with Crippen LogP contribution in [0.2, 0.25) is 0 Å². The van der Waals surface area contributed by atoms with Gasteiger partial charge in [0.2, 0.25) is 5.95 Å². The average molecular weight is 340 g/mol. The van der Waals surface area contributed by atoms with Gasteiger partial charge in [0.1, 0.15) is 5.82 Å². The summed E-state index contributed by atoms with van der Waals surface area (Å²) in [5, 5.41) is 9.70. The maximum absolute atomic E-state index is 13.3.